The number of aromatic hydroxyl groups is 1. The summed E-state index contributed by atoms with van der Waals surface area (Å²) in [6.07, 6.45) is 3.77. The summed E-state index contributed by atoms with van der Waals surface area (Å²) >= 11 is 0. The molecule has 0 fully saturated rings. The van der Waals surface area contributed by atoms with Crippen molar-refractivity contribution in [3.05, 3.63) is 133 Å². The number of nitrogens with zero attached hydrogens (tertiary/aromatic N) is 4. The number of para-hydroxylation sites is 1. The lowest BCUT2D eigenvalue weighted by molar-refractivity contribution is 0.476. The minimum Gasteiger partial charge on any atom is -0.507 e. The Labute approximate surface area is 244 Å². The molecule has 0 saturated heterocycles. The highest BCUT2D eigenvalue weighted by atomic mass is 16.3. The molecular weight excluding hydrogens is 516 g/mol. The van der Waals surface area contributed by atoms with Crippen molar-refractivity contribution in [2.75, 3.05) is 0 Å². The Bertz CT molecular complexity index is 2060. The van der Waals surface area contributed by atoms with Gasteiger partial charge in [0.15, 0.2) is 5.65 Å². The summed E-state index contributed by atoms with van der Waals surface area (Å²) in [5.41, 5.74) is 11.8. The van der Waals surface area contributed by atoms with E-state index in [4.69, 9.17) is 9.97 Å². The predicted molar refractivity (Wildman–Crippen MR) is 170 cm³/mol. The third-order valence-corrected chi connectivity index (χ3v) is 7.74. The first-order valence-electron chi connectivity index (χ1n) is 13.9. The third-order valence-electron chi connectivity index (χ3n) is 7.74. The molecule has 1 N–H and O–H groups in total. The van der Waals surface area contributed by atoms with Crippen molar-refractivity contribution < 1.29 is 5.11 Å². The summed E-state index contributed by atoms with van der Waals surface area (Å²) in [6.45, 7) is 2.10. The molecule has 202 valence electrons. The second-order valence-electron chi connectivity index (χ2n) is 10.5. The first-order chi connectivity index (χ1) is 20.6. The van der Waals surface area contributed by atoms with Gasteiger partial charge in [0, 0.05) is 30.6 Å². The van der Waals surface area contributed by atoms with Gasteiger partial charge in [0.05, 0.1) is 11.3 Å². The summed E-state index contributed by atoms with van der Waals surface area (Å²) in [5.74, 6) is 0.848. The van der Waals surface area contributed by atoms with Crippen molar-refractivity contribution in [2.45, 2.75) is 6.92 Å². The number of rotatable bonds is 5. The molecule has 0 unspecified atom stereocenters. The van der Waals surface area contributed by atoms with Crippen LogP contribution in [0.2, 0.25) is 0 Å². The summed E-state index contributed by atoms with van der Waals surface area (Å²) in [4.78, 5) is 14.6. The second-order valence-corrected chi connectivity index (χ2v) is 10.5. The average Bonchev–Trinajstić information content (AvgIpc) is 3.38. The predicted octanol–water partition coefficient (Wildman–Crippen LogP) is 8.71. The molecule has 7 aromatic rings. The topological polar surface area (TPSA) is 63.8 Å². The van der Waals surface area contributed by atoms with Crippen LogP contribution >= 0.6 is 0 Å². The molecular formula is C37H28N4O. The smallest absolute Gasteiger partial charge is 0.160 e. The number of phenols is 1. The van der Waals surface area contributed by atoms with E-state index in [2.05, 4.69) is 84.7 Å². The summed E-state index contributed by atoms with van der Waals surface area (Å²) in [5, 5.41) is 10.6. The number of hydrogen-bond acceptors (Lipinski definition) is 4. The van der Waals surface area contributed by atoms with Crippen LogP contribution in [0.5, 0.6) is 5.75 Å². The Balaban J connectivity index is 1.44. The van der Waals surface area contributed by atoms with Crippen LogP contribution in [0.25, 0.3) is 67.2 Å². The molecule has 0 atom stereocenters. The zero-order valence-electron chi connectivity index (χ0n) is 23.4. The highest BCUT2D eigenvalue weighted by Crippen LogP contribution is 2.38. The van der Waals surface area contributed by atoms with Gasteiger partial charge in [-0.15, -0.1) is 0 Å². The second kappa shape index (κ2) is 10.5. The van der Waals surface area contributed by atoms with Gasteiger partial charge in [-0.2, -0.15) is 0 Å². The number of imidazole rings is 1. The van der Waals surface area contributed by atoms with Crippen LogP contribution in [0.15, 0.2) is 128 Å². The minimum atomic E-state index is 0.186. The van der Waals surface area contributed by atoms with Crippen molar-refractivity contribution in [1.82, 2.24) is 19.5 Å². The Morgan fingerprint density at radius 3 is 2.02 bits per heavy atom. The quantitative estimate of drug-likeness (QED) is 0.235. The molecule has 42 heavy (non-hydrogen) atoms. The Morgan fingerprint density at radius 2 is 1.26 bits per heavy atom. The van der Waals surface area contributed by atoms with Crippen LogP contribution in [0.3, 0.4) is 0 Å². The summed E-state index contributed by atoms with van der Waals surface area (Å²) < 4.78 is 1.93. The van der Waals surface area contributed by atoms with Crippen LogP contribution in [0.4, 0.5) is 0 Å². The lowest BCUT2D eigenvalue weighted by Gasteiger charge is -2.13. The van der Waals surface area contributed by atoms with Gasteiger partial charge in [0.2, 0.25) is 0 Å². The van der Waals surface area contributed by atoms with E-state index >= 15 is 0 Å². The molecule has 4 aromatic carbocycles. The maximum atomic E-state index is 10.6. The number of aryl methyl sites for hydroxylation is 2. The van der Waals surface area contributed by atoms with Crippen LogP contribution in [0, 0.1) is 6.92 Å². The van der Waals surface area contributed by atoms with Gasteiger partial charge in [-0.05, 0) is 82.8 Å². The Hall–Kier alpha value is -5.55. The number of phenolic OH excluding ortho intramolecular Hbond substituents is 1. The fraction of sp³-hybridized carbons (Fsp3) is 0.0541. The van der Waals surface area contributed by atoms with E-state index in [-0.39, 0.29) is 5.75 Å². The van der Waals surface area contributed by atoms with E-state index in [9.17, 15) is 5.11 Å². The highest BCUT2D eigenvalue weighted by Gasteiger charge is 2.18. The van der Waals surface area contributed by atoms with E-state index in [0.717, 1.165) is 55.8 Å². The number of benzene rings is 4. The number of fused-ring (bicyclic) bond motifs is 1. The zero-order valence-corrected chi connectivity index (χ0v) is 23.4. The number of hydrogen-bond donors (Lipinski definition) is 1. The molecule has 0 bridgehead atoms. The Kier molecular flexibility index (Phi) is 6.32. The highest BCUT2D eigenvalue weighted by molar-refractivity contribution is 5.94. The normalized spacial score (nSPS) is 11.2. The van der Waals surface area contributed by atoms with Crippen molar-refractivity contribution in [3.8, 4) is 61.8 Å². The molecule has 0 aliphatic heterocycles. The lowest BCUT2D eigenvalue weighted by Crippen LogP contribution is -1.94. The zero-order chi connectivity index (χ0) is 28.6. The SMILES string of the molecule is Cc1cnc(-c2cc(-c3ccccc3)cc(-c3ccnc4c3nc(-c3ccccc3O)n4C)c2)cc1-c1ccccc1. The molecule has 0 aliphatic carbocycles. The molecule has 5 nitrogen and oxygen atoms in total. The summed E-state index contributed by atoms with van der Waals surface area (Å²) in [7, 11) is 1.93. The van der Waals surface area contributed by atoms with Gasteiger partial charge >= 0.3 is 0 Å². The summed E-state index contributed by atoms with van der Waals surface area (Å²) in [6, 6.07) is 38.9. The molecule has 3 aromatic heterocycles. The lowest BCUT2D eigenvalue weighted by atomic mass is 9.93. The van der Waals surface area contributed by atoms with Gasteiger partial charge in [-0.1, -0.05) is 72.8 Å². The molecule has 7 rings (SSSR count). The van der Waals surface area contributed by atoms with Crippen molar-refractivity contribution in [2.24, 2.45) is 7.05 Å². The van der Waals surface area contributed by atoms with Gasteiger partial charge in [-0.25, -0.2) is 9.97 Å². The first-order valence-corrected chi connectivity index (χ1v) is 13.9. The van der Waals surface area contributed by atoms with E-state index in [1.807, 2.05) is 60.4 Å². The average molecular weight is 545 g/mol. The van der Waals surface area contributed by atoms with Crippen LogP contribution in [-0.2, 0) is 7.05 Å². The maximum absolute atomic E-state index is 10.6. The first kappa shape index (κ1) is 25.4. The molecule has 0 amide bonds. The molecule has 0 spiro atoms. The van der Waals surface area contributed by atoms with Crippen molar-refractivity contribution in [1.29, 1.82) is 0 Å². The monoisotopic (exact) mass is 544 g/mol. The van der Waals surface area contributed by atoms with E-state index in [0.29, 0.717) is 11.4 Å². The van der Waals surface area contributed by atoms with Gasteiger partial charge < -0.3 is 9.67 Å². The van der Waals surface area contributed by atoms with E-state index in [1.54, 1.807) is 6.07 Å². The molecule has 5 heteroatoms. The van der Waals surface area contributed by atoms with Gasteiger partial charge in [0.1, 0.15) is 17.1 Å². The fourth-order valence-electron chi connectivity index (χ4n) is 5.55. The standard InChI is InChI=1S/C37H28N4O/c1-24-23-39-33(22-32(24)26-13-7-4-8-14-26)29-20-27(25-11-5-3-6-12-25)19-28(21-29)30-17-18-38-37-35(30)40-36(41(37)2)31-15-9-10-16-34(31)42/h3-23,42H,1-2H3. The maximum Gasteiger partial charge on any atom is 0.160 e. The minimum absolute atomic E-state index is 0.186. The molecule has 0 radical (unpaired) electrons. The van der Waals surface area contributed by atoms with Crippen LogP contribution in [-0.4, -0.2) is 24.6 Å². The molecule has 0 saturated carbocycles. The molecule has 0 aliphatic rings. The third kappa shape index (κ3) is 4.51. The number of aromatic nitrogens is 4. The number of pyridine rings is 2. The van der Waals surface area contributed by atoms with Gasteiger partial charge in [-0.3, -0.25) is 4.98 Å². The van der Waals surface area contributed by atoms with Crippen molar-refractivity contribution >= 4 is 11.2 Å². The van der Waals surface area contributed by atoms with Crippen LogP contribution in [0.1, 0.15) is 5.56 Å². The largest absolute Gasteiger partial charge is 0.507 e. The van der Waals surface area contributed by atoms with E-state index in [1.165, 1.54) is 5.56 Å². The van der Waals surface area contributed by atoms with Crippen molar-refractivity contribution in [3.63, 3.8) is 0 Å². The van der Waals surface area contributed by atoms with E-state index < -0.39 is 0 Å². The Morgan fingerprint density at radius 1 is 0.595 bits per heavy atom. The fourth-order valence-corrected chi connectivity index (χ4v) is 5.55. The van der Waals surface area contributed by atoms with Gasteiger partial charge in [0.25, 0.3) is 0 Å². The molecule has 3 heterocycles. The van der Waals surface area contributed by atoms with Crippen LogP contribution < -0.4 is 0 Å².